The summed E-state index contributed by atoms with van der Waals surface area (Å²) in [6, 6.07) is 24.1. The van der Waals surface area contributed by atoms with Crippen molar-refractivity contribution in [1.29, 1.82) is 0 Å². The van der Waals surface area contributed by atoms with Gasteiger partial charge in [-0.2, -0.15) is 0 Å². The fourth-order valence-corrected chi connectivity index (χ4v) is 13.3. The minimum atomic E-state index is -1.96. The fraction of sp³-hybridized carbons (Fsp3) is 0.395. The summed E-state index contributed by atoms with van der Waals surface area (Å²) in [5.74, 6) is 1.51. The minimum absolute atomic E-state index is 0. The molecule has 2 fully saturated rings. The molecule has 0 aliphatic heterocycles. The third-order valence-corrected chi connectivity index (χ3v) is 15.1. The summed E-state index contributed by atoms with van der Waals surface area (Å²) in [5, 5.41) is 0. The van der Waals surface area contributed by atoms with Crippen LogP contribution in [0.25, 0.3) is 11.1 Å². The van der Waals surface area contributed by atoms with E-state index in [0.29, 0.717) is 0 Å². The van der Waals surface area contributed by atoms with E-state index in [0.717, 1.165) is 24.7 Å². The Hall–Kier alpha value is -1.70. The molecule has 0 unspecified atom stereocenters. The van der Waals surface area contributed by atoms with Crippen LogP contribution in [0.3, 0.4) is 0 Å². The molecule has 0 spiro atoms. The Bertz CT molecular complexity index is 1470. The van der Waals surface area contributed by atoms with E-state index in [1.165, 1.54) is 75.3 Å². The molecule has 0 N–H and O–H groups in total. The van der Waals surface area contributed by atoms with Crippen molar-refractivity contribution in [2.24, 2.45) is 0 Å². The smallest absolute Gasteiger partial charge is 1.00 e. The molecule has 4 aliphatic carbocycles. The Balaban J connectivity index is 0.00000169. The molecule has 0 heterocycles. The maximum atomic E-state index is 2.62. The zero-order chi connectivity index (χ0) is 26.2. The van der Waals surface area contributed by atoms with Gasteiger partial charge in [0.05, 0.1) is 0 Å². The molecule has 0 bridgehead atoms. The second-order valence-corrected chi connectivity index (χ2v) is 16.6. The molecular weight excluding hydrogens is 575 g/mol. The Labute approximate surface area is 265 Å². The van der Waals surface area contributed by atoms with Gasteiger partial charge in [-0.15, -0.1) is 0 Å². The second kappa shape index (κ2) is 13.7. The molecule has 3 heteroatoms. The van der Waals surface area contributed by atoms with Gasteiger partial charge in [-0.25, -0.2) is 0 Å². The largest absolute Gasteiger partial charge is 1.00 e. The first kappa shape index (κ1) is 30.8. The van der Waals surface area contributed by atoms with Gasteiger partial charge >= 0.3 is 243 Å². The summed E-state index contributed by atoms with van der Waals surface area (Å²) in [4.78, 5) is 0. The molecule has 41 heavy (non-hydrogen) atoms. The van der Waals surface area contributed by atoms with E-state index in [1.54, 1.807) is 35.5 Å². The number of hydrogen-bond acceptors (Lipinski definition) is 0. The van der Waals surface area contributed by atoms with E-state index >= 15 is 0 Å². The quantitative estimate of drug-likeness (QED) is 0.300. The first-order chi connectivity index (χ1) is 19.3. The Morgan fingerprint density at radius 2 is 1.41 bits per heavy atom. The average Bonchev–Trinajstić information content (AvgIpc) is 3.67. The average molecular weight is 618 g/mol. The van der Waals surface area contributed by atoms with E-state index in [4.69, 9.17) is 0 Å². The van der Waals surface area contributed by atoms with Crippen molar-refractivity contribution < 1.29 is 42.2 Å². The molecular formula is C38H42Cl2Ti. The van der Waals surface area contributed by atoms with Crippen LogP contribution in [0.15, 0.2) is 82.8 Å². The van der Waals surface area contributed by atoms with E-state index in [2.05, 4.69) is 85.8 Å². The van der Waals surface area contributed by atoms with Crippen LogP contribution >= 0.6 is 0 Å². The van der Waals surface area contributed by atoms with Crippen molar-refractivity contribution in [3.05, 3.63) is 111 Å². The molecule has 212 valence electrons. The van der Waals surface area contributed by atoms with E-state index in [1.807, 2.05) is 3.87 Å². The van der Waals surface area contributed by atoms with Crippen LogP contribution < -0.4 is 28.7 Å². The zero-order valence-corrected chi connectivity index (χ0v) is 27.5. The summed E-state index contributed by atoms with van der Waals surface area (Å²) < 4.78 is 5.24. The van der Waals surface area contributed by atoms with Gasteiger partial charge in [0, 0.05) is 0 Å². The second-order valence-electron chi connectivity index (χ2n) is 12.5. The summed E-state index contributed by atoms with van der Waals surface area (Å²) >= 11 is -1.96. The molecule has 0 atom stereocenters. The first-order valence-corrected chi connectivity index (χ1v) is 18.0. The maximum absolute atomic E-state index is 2.62. The Morgan fingerprint density at radius 1 is 0.732 bits per heavy atom. The van der Waals surface area contributed by atoms with Gasteiger partial charge < -0.3 is 24.8 Å². The van der Waals surface area contributed by atoms with E-state index in [9.17, 15) is 0 Å². The third kappa shape index (κ3) is 6.06. The number of fused-ring (bicyclic) bond motifs is 3. The number of benzene rings is 3. The van der Waals surface area contributed by atoms with E-state index < -0.39 is 17.4 Å². The van der Waals surface area contributed by atoms with Crippen LogP contribution in [-0.4, -0.2) is 3.81 Å². The predicted octanol–water partition coefficient (Wildman–Crippen LogP) is 3.69. The zero-order valence-electron chi connectivity index (χ0n) is 24.4. The summed E-state index contributed by atoms with van der Waals surface area (Å²) in [6.07, 6.45) is 23.5. The maximum Gasteiger partial charge on any atom is -1.00 e. The van der Waals surface area contributed by atoms with Crippen LogP contribution in [0.2, 0.25) is 0 Å². The van der Waals surface area contributed by atoms with Gasteiger partial charge in [-0.05, 0) is 0 Å². The van der Waals surface area contributed by atoms with Crippen molar-refractivity contribution in [3.63, 3.8) is 0 Å². The number of allylic oxidation sites excluding steroid dienone is 4. The van der Waals surface area contributed by atoms with Gasteiger partial charge in [0.25, 0.3) is 0 Å². The first-order valence-electron chi connectivity index (χ1n) is 15.7. The molecule has 2 saturated carbocycles. The molecule has 0 nitrogen and oxygen atoms in total. The normalized spacial score (nSPS) is 18.6. The summed E-state index contributed by atoms with van der Waals surface area (Å²) in [6.45, 7) is 2.48. The van der Waals surface area contributed by atoms with Crippen molar-refractivity contribution in [1.82, 2.24) is 0 Å². The molecule has 7 rings (SSSR count). The van der Waals surface area contributed by atoms with Crippen molar-refractivity contribution in [2.75, 3.05) is 0 Å². The monoisotopic (exact) mass is 616 g/mol. The summed E-state index contributed by atoms with van der Waals surface area (Å²) in [5.41, 5.74) is 11.2. The molecule has 4 aliphatic rings. The molecule has 0 saturated heterocycles. The standard InChI is InChI=1S/C25H29.C8H8.C5H5.2ClH.Ti/c1-3-7-18(8-4-1)20-11-13-24-22(15-20)17-23-16-21(12-14-25(23)24)19-9-5-2-6-10-19;1-2-8-6-4-3-5-7-8;1-2-4-5-3-1;;;/h11-15,18-19H,1-10,17H2;3-7H,1H3;1-3H,4H2;2*1H;/q;;;;;+2/p-2. The molecule has 0 radical (unpaired) electrons. The van der Waals surface area contributed by atoms with Gasteiger partial charge in [0.15, 0.2) is 0 Å². The molecule has 3 aromatic rings. The van der Waals surface area contributed by atoms with Gasteiger partial charge in [0.2, 0.25) is 0 Å². The third-order valence-electron chi connectivity index (χ3n) is 10.2. The Kier molecular flexibility index (Phi) is 10.3. The molecule has 0 amide bonds. The van der Waals surface area contributed by atoms with Crippen LogP contribution in [0.1, 0.15) is 117 Å². The number of hydrogen-bond donors (Lipinski definition) is 0. The molecule has 0 aromatic heterocycles. The minimum Gasteiger partial charge on any atom is -1.00 e. The van der Waals surface area contributed by atoms with Crippen molar-refractivity contribution in [3.8, 4) is 11.1 Å². The number of halogens is 2. The topological polar surface area (TPSA) is 0 Å². The van der Waals surface area contributed by atoms with E-state index in [-0.39, 0.29) is 24.8 Å². The van der Waals surface area contributed by atoms with Crippen LogP contribution in [0.5, 0.6) is 0 Å². The van der Waals surface area contributed by atoms with Crippen LogP contribution in [0.4, 0.5) is 0 Å². The number of rotatable bonds is 5. The SMILES string of the molecule is C/[C](c1ccccc1)=[Ti+2](\[C]1=CC=CC1)[c]1c(C2CCCCC2)ccc2c1Cc1cc(C3CCCCC3)ccc1-2.[Cl-].[Cl-]. The van der Waals surface area contributed by atoms with Crippen LogP contribution in [-0.2, 0) is 23.8 Å². The summed E-state index contributed by atoms with van der Waals surface area (Å²) in [7, 11) is 0. The fourth-order valence-electron chi connectivity index (χ4n) is 8.11. The molecule has 3 aromatic carbocycles. The van der Waals surface area contributed by atoms with Gasteiger partial charge in [-0.3, -0.25) is 0 Å². The Morgan fingerprint density at radius 3 is 2.10 bits per heavy atom. The van der Waals surface area contributed by atoms with Crippen molar-refractivity contribution in [2.45, 2.75) is 95.8 Å². The van der Waals surface area contributed by atoms with Crippen LogP contribution in [0, 0.1) is 0 Å². The predicted molar refractivity (Wildman–Crippen MR) is 164 cm³/mol. The van der Waals surface area contributed by atoms with Crippen molar-refractivity contribution >= 4 is 7.68 Å². The van der Waals surface area contributed by atoms with Gasteiger partial charge in [0.1, 0.15) is 0 Å². The van der Waals surface area contributed by atoms with Gasteiger partial charge in [-0.1, -0.05) is 0 Å².